The molecule has 1 unspecified atom stereocenters. The molecule has 0 spiro atoms. The fourth-order valence-electron chi connectivity index (χ4n) is 2.64. The Balaban J connectivity index is 1.87. The van der Waals surface area contributed by atoms with Gasteiger partial charge in [-0.2, -0.15) is 0 Å². The number of aromatic amines is 1. The first-order chi connectivity index (χ1) is 9.75. The van der Waals surface area contributed by atoms with Crippen molar-refractivity contribution in [2.45, 2.75) is 18.9 Å². The number of carbonyl (C=O) groups excluding carboxylic acids is 1. The van der Waals surface area contributed by atoms with Gasteiger partial charge in [-0.05, 0) is 30.5 Å². The lowest BCUT2D eigenvalue weighted by molar-refractivity contribution is 0.0735. The van der Waals surface area contributed by atoms with Gasteiger partial charge in [-0.1, -0.05) is 6.07 Å². The highest BCUT2D eigenvalue weighted by molar-refractivity contribution is 5.94. The summed E-state index contributed by atoms with van der Waals surface area (Å²) in [6.45, 7) is 0.734. The number of carbonyl (C=O) groups is 1. The van der Waals surface area contributed by atoms with Crippen molar-refractivity contribution in [1.29, 1.82) is 0 Å². The molecule has 102 valence electrons. The van der Waals surface area contributed by atoms with Crippen LogP contribution in [0.4, 0.5) is 0 Å². The Morgan fingerprint density at radius 1 is 1.35 bits per heavy atom. The monoisotopic (exact) mass is 269 g/mol. The van der Waals surface area contributed by atoms with E-state index in [9.17, 15) is 9.59 Å². The number of H-pyrrole nitrogens is 1. The summed E-state index contributed by atoms with van der Waals surface area (Å²) < 4.78 is 0. The van der Waals surface area contributed by atoms with Gasteiger partial charge in [0.25, 0.3) is 5.91 Å². The lowest BCUT2D eigenvalue weighted by atomic mass is 10.1. The molecule has 1 atom stereocenters. The zero-order valence-corrected chi connectivity index (χ0v) is 11.0. The summed E-state index contributed by atoms with van der Waals surface area (Å²) in [5.41, 5.74) is 1.37. The molecule has 3 heterocycles. The lowest BCUT2D eigenvalue weighted by Gasteiger charge is -2.24. The highest BCUT2D eigenvalue weighted by Crippen LogP contribution is 2.32. The molecule has 1 aliphatic rings. The largest absolute Gasteiger partial charge is 0.332 e. The van der Waals surface area contributed by atoms with Crippen LogP contribution in [0.2, 0.25) is 0 Å². The standard InChI is InChI=1S/C15H15N3O2/c19-14-6-5-12(10-17-14)15(20)18-8-2-4-13(18)11-3-1-7-16-9-11/h1,3,5-7,9-10,13H,2,4,8H2,(H,17,19). The smallest absolute Gasteiger partial charge is 0.255 e. The molecule has 1 fully saturated rings. The molecule has 2 aromatic heterocycles. The second-order valence-electron chi connectivity index (χ2n) is 4.88. The van der Waals surface area contributed by atoms with E-state index >= 15 is 0 Å². The predicted octanol–water partition coefficient (Wildman–Crippen LogP) is 1.75. The van der Waals surface area contributed by atoms with Crippen LogP contribution in [0.15, 0.2) is 47.7 Å². The van der Waals surface area contributed by atoms with Crippen molar-refractivity contribution < 1.29 is 4.79 Å². The second-order valence-corrected chi connectivity index (χ2v) is 4.88. The van der Waals surface area contributed by atoms with E-state index in [2.05, 4.69) is 9.97 Å². The second kappa shape index (κ2) is 5.28. The summed E-state index contributed by atoms with van der Waals surface area (Å²) >= 11 is 0. The Labute approximate surface area is 116 Å². The molecule has 20 heavy (non-hydrogen) atoms. The van der Waals surface area contributed by atoms with E-state index in [0.717, 1.165) is 24.9 Å². The van der Waals surface area contributed by atoms with Gasteiger partial charge in [-0.15, -0.1) is 0 Å². The molecule has 1 saturated heterocycles. The van der Waals surface area contributed by atoms with E-state index in [1.165, 1.54) is 12.3 Å². The molecule has 5 heteroatoms. The van der Waals surface area contributed by atoms with Crippen molar-refractivity contribution >= 4 is 5.91 Å². The maximum atomic E-state index is 12.5. The number of rotatable bonds is 2. The van der Waals surface area contributed by atoms with Crippen LogP contribution in [-0.2, 0) is 0 Å². The molecular formula is C15H15N3O2. The predicted molar refractivity (Wildman–Crippen MR) is 74.3 cm³/mol. The van der Waals surface area contributed by atoms with E-state index < -0.39 is 0 Å². The third-order valence-corrected chi connectivity index (χ3v) is 3.61. The van der Waals surface area contributed by atoms with E-state index in [1.54, 1.807) is 12.3 Å². The van der Waals surface area contributed by atoms with Gasteiger partial charge in [0.05, 0.1) is 11.6 Å². The Kier molecular flexibility index (Phi) is 3.33. The Morgan fingerprint density at radius 2 is 2.25 bits per heavy atom. The molecule has 1 N–H and O–H groups in total. The van der Waals surface area contributed by atoms with E-state index in [1.807, 2.05) is 23.2 Å². The Hall–Kier alpha value is -2.43. The average molecular weight is 269 g/mol. The minimum Gasteiger partial charge on any atom is -0.332 e. The van der Waals surface area contributed by atoms with E-state index in [0.29, 0.717) is 5.56 Å². The van der Waals surface area contributed by atoms with Crippen LogP contribution in [-0.4, -0.2) is 27.3 Å². The van der Waals surface area contributed by atoms with Gasteiger partial charge in [0.2, 0.25) is 5.56 Å². The molecule has 3 rings (SSSR count). The van der Waals surface area contributed by atoms with Crippen LogP contribution in [0, 0.1) is 0 Å². The van der Waals surface area contributed by atoms with Crippen LogP contribution in [0.3, 0.4) is 0 Å². The van der Waals surface area contributed by atoms with Crippen molar-refractivity contribution in [2.75, 3.05) is 6.54 Å². The van der Waals surface area contributed by atoms with Crippen molar-refractivity contribution in [3.8, 4) is 0 Å². The number of hydrogen-bond acceptors (Lipinski definition) is 3. The zero-order chi connectivity index (χ0) is 13.9. The van der Waals surface area contributed by atoms with Gasteiger partial charge in [0.15, 0.2) is 0 Å². The number of nitrogens with one attached hydrogen (secondary N) is 1. The SMILES string of the molecule is O=C(c1ccc(=O)[nH]c1)N1CCCC1c1cccnc1. The maximum Gasteiger partial charge on any atom is 0.255 e. The van der Waals surface area contributed by atoms with Gasteiger partial charge in [0, 0.05) is 31.2 Å². The van der Waals surface area contributed by atoms with Crippen LogP contribution < -0.4 is 5.56 Å². The highest BCUT2D eigenvalue weighted by Gasteiger charge is 2.30. The first-order valence-corrected chi connectivity index (χ1v) is 6.65. The van der Waals surface area contributed by atoms with Gasteiger partial charge in [-0.3, -0.25) is 14.6 Å². The summed E-state index contributed by atoms with van der Waals surface area (Å²) in [5, 5.41) is 0. The summed E-state index contributed by atoms with van der Waals surface area (Å²) in [5.74, 6) is -0.0485. The third-order valence-electron chi connectivity index (χ3n) is 3.61. The third kappa shape index (κ3) is 2.34. The van der Waals surface area contributed by atoms with Gasteiger partial charge in [0.1, 0.15) is 0 Å². The Bertz CT molecular complexity index is 646. The Morgan fingerprint density at radius 3 is 2.95 bits per heavy atom. The summed E-state index contributed by atoms with van der Waals surface area (Å²) in [6.07, 6.45) is 6.94. The summed E-state index contributed by atoms with van der Waals surface area (Å²) in [4.78, 5) is 32.1. The van der Waals surface area contributed by atoms with Gasteiger partial charge < -0.3 is 9.88 Å². The molecule has 1 aliphatic heterocycles. The number of hydrogen-bond donors (Lipinski definition) is 1. The minimum absolute atomic E-state index is 0.0485. The lowest BCUT2D eigenvalue weighted by Crippen LogP contribution is -2.31. The number of likely N-dealkylation sites (tertiary alicyclic amines) is 1. The van der Waals surface area contributed by atoms with Crippen LogP contribution in [0.5, 0.6) is 0 Å². The van der Waals surface area contributed by atoms with E-state index in [4.69, 9.17) is 0 Å². The van der Waals surface area contributed by atoms with Gasteiger partial charge in [-0.25, -0.2) is 0 Å². The normalized spacial score (nSPS) is 18.2. The van der Waals surface area contributed by atoms with Gasteiger partial charge >= 0.3 is 0 Å². The molecule has 5 nitrogen and oxygen atoms in total. The highest BCUT2D eigenvalue weighted by atomic mass is 16.2. The van der Waals surface area contributed by atoms with Crippen molar-refractivity contribution in [1.82, 2.24) is 14.9 Å². The fourth-order valence-corrected chi connectivity index (χ4v) is 2.64. The molecule has 0 aromatic carbocycles. The van der Waals surface area contributed by atoms with Crippen LogP contribution >= 0.6 is 0 Å². The first-order valence-electron chi connectivity index (χ1n) is 6.65. The van der Waals surface area contributed by atoms with Crippen molar-refractivity contribution in [2.24, 2.45) is 0 Å². The van der Waals surface area contributed by atoms with Crippen molar-refractivity contribution in [3.05, 3.63) is 64.3 Å². The quantitative estimate of drug-likeness (QED) is 0.903. The molecule has 0 saturated carbocycles. The first kappa shape index (κ1) is 12.6. The molecule has 1 amide bonds. The number of amides is 1. The average Bonchev–Trinajstić information content (AvgIpc) is 2.97. The van der Waals surface area contributed by atoms with Crippen LogP contribution in [0.1, 0.15) is 34.8 Å². The number of aromatic nitrogens is 2. The topological polar surface area (TPSA) is 66.1 Å². The molecule has 0 radical (unpaired) electrons. The fraction of sp³-hybridized carbons (Fsp3) is 0.267. The zero-order valence-electron chi connectivity index (χ0n) is 11.0. The molecule has 0 aliphatic carbocycles. The minimum atomic E-state index is -0.202. The summed E-state index contributed by atoms with van der Waals surface area (Å²) in [6, 6.07) is 6.90. The summed E-state index contributed by atoms with van der Waals surface area (Å²) in [7, 11) is 0. The number of pyridine rings is 2. The van der Waals surface area contributed by atoms with Crippen molar-refractivity contribution in [3.63, 3.8) is 0 Å². The molecule has 0 bridgehead atoms. The molecule has 2 aromatic rings. The van der Waals surface area contributed by atoms with E-state index in [-0.39, 0.29) is 17.5 Å². The molecular weight excluding hydrogens is 254 g/mol. The number of nitrogens with zero attached hydrogens (tertiary/aromatic N) is 2. The van der Waals surface area contributed by atoms with Crippen LogP contribution in [0.25, 0.3) is 0 Å². The maximum absolute atomic E-state index is 12.5.